The number of hydrogen-bond acceptors (Lipinski definition) is 3. The molecule has 0 spiro atoms. The quantitative estimate of drug-likeness (QED) is 0.808. The summed E-state index contributed by atoms with van der Waals surface area (Å²) in [5, 5.41) is 0. The molecule has 1 aromatic carbocycles. The number of nitrogens with two attached hydrogens (primary N) is 1. The predicted octanol–water partition coefficient (Wildman–Crippen LogP) is 2.05. The van der Waals surface area contributed by atoms with Gasteiger partial charge in [-0.1, -0.05) is 6.07 Å². The standard InChI is InChI=1S/C14H23N3/c1-16-8-6-12(11-16)7-9-17(2)14-5-3-4-13(15)10-14/h3-5,10,12H,6-9,11,15H2,1-2H3. The third kappa shape index (κ3) is 3.37. The van der Waals surface area contributed by atoms with E-state index < -0.39 is 0 Å². The summed E-state index contributed by atoms with van der Waals surface area (Å²) in [4.78, 5) is 4.72. The summed E-state index contributed by atoms with van der Waals surface area (Å²) in [5.74, 6) is 0.864. The summed E-state index contributed by atoms with van der Waals surface area (Å²) >= 11 is 0. The molecule has 2 N–H and O–H groups in total. The van der Waals surface area contributed by atoms with Crippen LogP contribution in [0, 0.1) is 5.92 Å². The molecular formula is C14H23N3. The molecule has 2 rings (SSSR count). The van der Waals surface area contributed by atoms with Crippen molar-refractivity contribution in [1.82, 2.24) is 4.90 Å². The molecule has 3 nitrogen and oxygen atoms in total. The Morgan fingerprint density at radius 1 is 1.47 bits per heavy atom. The summed E-state index contributed by atoms with van der Waals surface area (Å²) in [6.45, 7) is 3.62. The van der Waals surface area contributed by atoms with Gasteiger partial charge in [0, 0.05) is 31.5 Å². The largest absolute Gasteiger partial charge is 0.399 e. The van der Waals surface area contributed by atoms with Gasteiger partial charge < -0.3 is 15.5 Å². The highest BCUT2D eigenvalue weighted by atomic mass is 15.1. The van der Waals surface area contributed by atoms with Crippen LogP contribution in [0.1, 0.15) is 12.8 Å². The second kappa shape index (κ2) is 5.41. The molecule has 1 heterocycles. The number of likely N-dealkylation sites (tertiary alicyclic amines) is 1. The van der Waals surface area contributed by atoms with Crippen LogP contribution in [-0.4, -0.2) is 38.6 Å². The normalized spacial score (nSPS) is 20.7. The number of nitrogen functional groups attached to an aromatic ring is 1. The van der Waals surface area contributed by atoms with Crippen molar-refractivity contribution in [3.8, 4) is 0 Å². The fourth-order valence-electron chi connectivity index (χ4n) is 2.53. The van der Waals surface area contributed by atoms with Gasteiger partial charge in [0.05, 0.1) is 0 Å². The maximum absolute atomic E-state index is 5.80. The van der Waals surface area contributed by atoms with Crippen molar-refractivity contribution in [1.29, 1.82) is 0 Å². The Hall–Kier alpha value is -1.22. The molecule has 1 aliphatic heterocycles. The lowest BCUT2D eigenvalue weighted by Gasteiger charge is -2.21. The minimum absolute atomic E-state index is 0.843. The zero-order chi connectivity index (χ0) is 12.3. The zero-order valence-corrected chi connectivity index (χ0v) is 10.9. The smallest absolute Gasteiger partial charge is 0.0384 e. The molecule has 0 radical (unpaired) electrons. The lowest BCUT2D eigenvalue weighted by molar-refractivity contribution is 0.389. The van der Waals surface area contributed by atoms with Gasteiger partial charge in [-0.05, 0) is 50.6 Å². The fourth-order valence-corrected chi connectivity index (χ4v) is 2.53. The second-order valence-corrected chi connectivity index (χ2v) is 5.22. The van der Waals surface area contributed by atoms with E-state index in [0.29, 0.717) is 0 Å². The maximum atomic E-state index is 5.80. The Kier molecular flexibility index (Phi) is 3.89. The van der Waals surface area contributed by atoms with Crippen molar-refractivity contribution in [3.05, 3.63) is 24.3 Å². The number of hydrogen-bond donors (Lipinski definition) is 1. The van der Waals surface area contributed by atoms with Crippen LogP contribution in [0.15, 0.2) is 24.3 Å². The molecule has 1 atom stereocenters. The zero-order valence-electron chi connectivity index (χ0n) is 10.9. The van der Waals surface area contributed by atoms with Gasteiger partial charge in [-0.3, -0.25) is 0 Å². The van der Waals surface area contributed by atoms with Crippen LogP contribution < -0.4 is 10.6 Å². The summed E-state index contributed by atoms with van der Waals surface area (Å²) in [5.41, 5.74) is 7.86. The minimum Gasteiger partial charge on any atom is -0.399 e. The first kappa shape index (κ1) is 12.2. The van der Waals surface area contributed by atoms with Crippen molar-refractivity contribution >= 4 is 11.4 Å². The van der Waals surface area contributed by atoms with Crippen LogP contribution >= 0.6 is 0 Å². The van der Waals surface area contributed by atoms with Gasteiger partial charge in [-0.25, -0.2) is 0 Å². The summed E-state index contributed by atoms with van der Waals surface area (Å²) in [6, 6.07) is 8.12. The topological polar surface area (TPSA) is 32.5 Å². The molecule has 0 saturated carbocycles. The summed E-state index contributed by atoms with van der Waals surface area (Å²) < 4.78 is 0. The van der Waals surface area contributed by atoms with Gasteiger partial charge in [0.2, 0.25) is 0 Å². The van der Waals surface area contributed by atoms with E-state index in [0.717, 1.165) is 18.2 Å². The second-order valence-electron chi connectivity index (χ2n) is 5.22. The molecule has 1 fully saturated rings. The van der Waals surface area contributed by atoms with E-state index in [2.05, 4.69) is 30.0 Å². The first-order valence-corrected chi connectivity index (χ1v) is 6.40. The third-order valence-corrected chi connectivity index (χ3v) is 3.67. The lowest BCUT2D eigenvalue weighted by atomic mass is 10.0. The maximum Gasteiger partial charge on any atom is 0.0384 e. The molecule has 17 heavy (non-hydrogen) atoms. The summed E-state index contributed by atoms with van der Waals surface area (Å²) in [6.07, 6.45) is 2.62. The van der Waals surface area contributed by atoms with E-state index in [1.807, 2.05) is 18.2 Å². The highest BCUT2D eigenvalue weighted by Crippen LogP contribution is 2.21. The van der Waals surface area contributed by atoms with Crippen LogP contribution in [0.5, 0.6) is 0 Å². The van der Waals surface area contributed by atoms with Gasteiger partial charge in [0.15, 0.2) is 0 Å². The Morgan fingerprint density at radius 2 is 2.29 bits per heavy atom. The van der Waals surface area contributed by atoms with Crippen molar-refractivity contribution in [2.45, 2.75) is 12.8 Å². The Bertz CT molecular complexity index is 364. The highest BCUT2D eigenvalue weighted by molar-refractivity contribution is 5.55. The molecule has 0 aliphatic carbocycles. The average molecular weight is 233 g/mol. The van der Waals surface area contributed by atoms with Crippen LogP contribution in [0.4, 0.5) is 11.4 Å². The summed E-state index contributed by atoms with van der Waals surface area (Å²) in [7, 11) is 4.36. The molecular weight excluding hydrogens is 210 g/mol. The Balaban J connectivity index is 1.83. The number of benzene rings is 1. The SMILES string of the molecule is CN1CCC(CCN(C)c2cccc(N)c2)C1. The molecule has 3 heteroatoms. The third-order valence-electron chi connectivity index (χ3n) is 3.67. The lowest BCUT2D eigenvalue weighted by Crippen LogP contribution is -2.22. The van der Waals surface area contributed by atoms with Crippen molar-refractivity contribution in [2.75, 3.05) is 44.4 Å². The molecule has 1 aromatic rings. The van der Waals surface area contributed by atoms with E-state index in [1.54, 1.807) is 0 Å². The van der Waals surface area contributed by atoms with E-state index in [4.69, 9.17) is 5.73 Å². The number of rotatable bonds is 4. The average Bonchev–Trinajstić information content (AvgIpc) is 2.72. The van der Waals surface area contributed by atoms with Gasteiger partial charge in [-0.2, -0.15) is 0 Å². The van der Waals surface area contributed by atoms with E-state index in [-0.39, 0.29) is 0 Å². The van der Waals surface area contributed by atoms with Gasteiger partial charge in [0.25, 0.3) is 0 Å². The van der Waals surface area contributed by atoms with Crippen LogP contribution in [0.25, 0.3) is 0 Å². The van der Waals surface area contributed by atoms with E-state index in [9.17, 15) is 0 Å². The Labute approximate surface area is 104 Å². The first-order chi connectivity index (χ1) is 8.15. The van der Waals surface area contributed by atoms with E-state index in [1.165, 1.54) is 31.6 Å². The van der Waals surface area contributed by atoms with Crippen LogP contribution in [-0.2, 0) is 0 Å². The monoisotopic (exact) mass is 233 g/mol. The van der Waals surface area contributed by atoms with Gasteiger partial charge in [0.1, 0.15) is 0 Å². The molecule has 0 aromatic heterocycles. The van der Waals surface area contributed by atoms with Gasteiger partial charge >= 0.3 is 0 Å². The van der Waals surface area contributed by atoms with Crippen molar-refractivity contribution < 1.29 is 0 Å². The molecule has 0 bridgehead atoms. The highest BCUT2D eigenvalue weighted by Gasteiger charge is 2.19. The first-order valence-electron chi connectivity index (χ1n) is 6.40. The van der Waals surface area contributed by atoms with E-state index >= 15 is 0 Å². The van der Waals surface area contributed by atoms with Crippen LogP contribution in [0.3, 0.4) is 0 Å². The number of nitrogens with zero attached hydrogens (tertiary/aromatic N) is 2. The van der Waals surface area contributed by atoms with Gasteiger partial charge in [-0.15, -0.1) is 0 Å². The molecule has 1 unspecified atom stereocenters. The van der Waals surface area contributed by atoms with Crippen molar-refractivity contribution in [3.63, 3.8) is 0 Å². The minimum atomic E-state index is 0.843. The molecule has 1 saturated heterocycles. The molecule has 0 amide bonds. The number of anilines is 2. The van der Waals surface area contributed by atoms with Crippen molar-refractivity contribution in [2.24, 2.45) is 5.92 Å². The molecule has 94 valence electrons. The van der Waals surface area contributed by atoms with Crippen LogP contribution in [0.2, 0.25) is 0 Å². The predicted molar refractivity (Wildman–Crippen MR) is 74.3 cm³/mol. The fraction of sp³-hybridized carbons (Fsp3) is 0.571. The Morgan fingerprint density at radius 3 is 2.94 bits per heavy atom. The molecule has 1 aliphatic rings.